The molecular formula is C20H38N4O2. The van der Waals surface area contributed by atoms with E-state index in [2.05, 4.69) is 55.4 Å². The molecule has 6 nitrogen and oxygen atoms in total. The summed E-state index contributed by atoms with van der Waals surface area (Å²) in [5.41, 5.74) is 1.03. The van der Waals surface area contributed by atoms with Crippen molar-refractivity contribution in [2.24, 2.45) is 16.8 Å². The molecule has 1 rings (SSSR count). The van der Waals surface area contributed by atoms with Crippen molar-refractivity contribution in [2.45, 2.75) is 72.8 Å². The first-order valence-electron chi connectivity index (χ1n) is 10.1. The van der Waals surface area contributed by atoms with E-state index in [-0.39, 0.29) is 6.61 Å². The monoisotopic (exact) mass is 366 g/mol. The van der Waals surface area contributed by atoms with Gasteiger partial charge in [-0.15, -0.1) is 0 Å². The molecule has 3 N–H and O–H groups in total. The molecule has 0 aliphatic rings. The van der Waals surface area contributed by atoms with Crippen molar-refractivity contribution in [1.82, 2.24) is 15.8 Å². The quantitative estimate of drug-likeness (QED) is 0.388. The van der Waals surface area contributed by atoms with Crippen LogP contribution in [0.15, 0.2) is 15.6 Å². The van der Waals surface area contributed by atoms with Gasteiger partial charge in [0.25, 0.3) is 0 Å². The number of hydrogen-bond acceptors (Lipinski definition) is 4. The first-order chi connectivity index (χ1) is 12.5. The fraction of sp³-hybridized carbons (Fsp3) is 0.800. The van der Waals surface area contributed by atoms with Gasteiger partial charge >= 0.3 is 0 Å². The summed E-state index contributed by atoms with van der Waals surface area (Å²) in [7, 11) is 0. The number of rotatable bonds is 12. The lowest BCUT2D eigenvalue weighted by atomic mass is 9.94. The van der Waals surface area contributed by atoms with Crippen LogP contribution in [0, 0.1) is 11.8 Å². The van der Waals surface area contributed by atoms with E-state index < -0.39 is 0 Å². The molecule has 0 saturated heterocycles. The van der Waals surface area contributed by atoms with Crippen LogP contribution in [-0.2, 0) is 6.54 Å². The molecule has 1 aromatic rings. The highest BCUT2D eigenvalue weighted by atomic mass is 16.5. The number of nitrogens with one attached hydrogen (secondary N) is 2. The van der Waals surface area contributed by atoms with Crippen LogP contribution in [0.1, 0.15) is 77.7 Å². The van der Waals surface area contributed by atoms with Crippen molar-refractivity contribution in [3.8, 4) is 0 Å². The topological polar surface area (TPSA) is 82.7 Å². The third kappa shape index (κ3) is 8.21. The normalized spacial score (nSPS) is 13.5. The highest BCUT2D eigenvalue weighted by Gasteiger charge is 2.14. The number of aliphatic hydroxyl groups is 1. The smallest absolute Gasteiger partial charge is 0.191 e. The Morgan fingerprint density at radius 3 is 2.54 bits per heavy atom. The number of hydrogen-bond donors (Lipinski definition) is 3. The predicted molar refractivity (Wildman–Crippen MR) is 107 cm³/mol. The highest BCUT2D eigenvalue weighted by molar-refractivity contribution is 5.79. The summed E-state index contributed by atoms with van der Waals surface area (Å²) < 4.78 is 5.45. The van der Waals surface area contributed by atoms with E-state index >= 15 is 0 Å². The molecule has 0 aromatic carbocycles. The second-order valence-corrected chi connectivity index (χ2v) is 7.32. The maximum absolute atomic E-state index is 9.26. The van der Waals surface area contributed by atoms with Gasteiger partial charge in [0, 0.05) is 31.7 Å². The molecule has 0 aliphatic carbocycles. The van der Waals surface area contributed by atoms with Crippen LogP contribution in [0.2, 0.25) is 0 Å². The first-order valence-corrected chi connectivity index (χ1v) is 10.1. The van der Waals surface area contributed by atoms with E-state index in [4.69, 9.17) is 4.52 Å². The Labute approximate surface area is 158 Å². The van der Waals surface area contributed by atoms with Gasteiger partial charge in [-0.25, -0.2) is 4.99 Å². The Morgan fingerprint density at radius 1 is 1.23 bits per heavy atom. The Bertz CT molecular complexity index is 510. The van der Waals surface area contributed by atoms with Crippen LogP contribution < -0.4 is 10.6 Å². The summed E-state index contributed by atoms with van der Waals surface area (Å²) in [5.74, 6) is 3.08. The molecule has 1 aromatic heterocycles. The molecular weight excluding hydrogens is 328 g/mol. The largest absolute Gasteiger partial charge is 0.396 e. The summed E-state index contributed by atoms with van der Waals surface area (Å²) in [6.07, 6.45) is 4.04. The van der Waals surface area contributed by atoms with Crippen LogP contribution in [0.3, 0.4) is 0 Å². The Balaban J connectivity index is 2.64. The molecule has 0 radical (unpaired) electrons. The minimum Gasteiger partial charge on any atom is -0.396 e. The summed E-state index contributed by atoms with van der Waals surface area (Å²) in [6.45, 7) is 13.1. The second kappa shape index (κ2) is 12.7. The third-order valence-corrected chi connectivity index (χ3v) is 4.62. The van der Waals surface area contributed by atoms with Crippen LogP contribution in [0.25, 0.3) is 0 Å². The molecule has 1 unspecified atom stereocenters. The number of aliphatic imine (C=N–C) groups is 1. The molecule has 0 fully saturated rings. The Kier molecular flexibility index (Phi) is 11.0. The summed E-state index contributed by atoms with van der Waals surface area (Å²) in [4.78, 5) is 4.62. The van der Waals surface area contributed by atoms with Crippen molar-refractivity contribution >= 4 is 5.96 Å². The number of aliphatic hydroxyl groups excluding tert-OH is 1. The lowest BCUT2D eigenvalue weighted by Gasteiger charge is -2.20. The minimum absolute atomic E-state index is 0.226. The predicted octanol–water partition coefficient (Wildman–Crippen LogP) is 3.68. The van der Waals surface area contributed by atoms with Crippen LogP contribution in [-0.4, -0.2) is 35.9 Å². The lowest BCUT2D eigenvalue weighted by Crippen LogP contribution is -2.40. The Hall–Kier alpha value is -1.56. The SMILES string of the molecule is CCNC(=NCc1cc(C(CC)CC)no1)NCC(CCO)CC(C)C. The first kappa shape index (κ1) is 22.5. The maximum Gasteiger partial charge on any atom is 0.191 e. The average molecular weight is 367 g/mol. The van der Waals surface area contributed by atoms with E-state index in [0.29, 0.717) is 24.3 Å². The highest BCUT2D eigenvalue weighted by Crippen LogP contribution is 2.22. The fourth-order valence-corrected chi connectivity index (χ4v) is 3.20. The van der Waals surface area contributed by atoms with Gasteiger partial charge < -0.3 is 20.3 Å². The summed E-state index contributed by atoms with van der Waals surface area (Å²) in [6, 6.07) is 2.03. The van der Waals surface area contributed by atoms with Gasteiger partial charge in [-0.1, -0.05) is 32.9 Å². The maximum atomic E-state index is 9.26. The minimum atomic E-state index is 0.226. The zero-order valence-corrected chi connectivity index (χ0v) is 17.2. The van der Waals surface area contributed by atoms with Crippen molar-refractivity contribution in [3.63, 3.8) is 0 Å². The number of guanidine groups is 1. The van der Waals surface area contributed by atoms with Crippen molar-refractivity contribution in [2.75, 3.05) is 19.7 Å². The zero-order chi connectivity index (χ0) is 19.4. The van der Waals surface area contributed by atoms with E-state index in [0.717, 1.165) is 56.2 Å². The van der Waals surface area contributed by atoms with Gasteiger partial charge in [-0.2, -0.15) is 0 Å². The van der Waals surface area contributed by atoms with E-state index in [1.165, 1.54) is 0 Å². The van der Waals surface area contributed by atoms with Crippen LogP contribution in [0.4, 0.5) is 0 Å². The third-order valence-electron chi connectivity index (χ3n) is 4.62. The molecule has 6 heteroatoms. The van der Waals surface area contributed by atoms with Crippen LogP contribution in [0.5, 0.6) is 0 Å². The van der Waals surface area contributed by atoms with Crippen molar-refractivity contribution in [1.29, 1.82) is 0 Å². The molecule has 26 heavy (non-hydrogen) atoms. The lowest BCUT2D eigenvalue weighted by molar-refractivity contribution is 0.243. The number of nitrogens with zero attached hydrogens (tertiary/aromatic N) is 2. The van der Waals surface area contributed by atoms with Crippen LogP contribution >= 0.6 is 0 Å². The van der Waals surface area contributed by atoms with Gasteiger partial charge in [-0.05, 0) is 44.4 Å². The average Bonchev–Trinajstić information content (AvgIpc) is 3.07. The standard InChI is InChI=1S/C20H38N4O2/c1-6-17(7-2)19-12-18(26-24-19)14-23-20(21-8-3)22-13-16(9-10-25)11-15(4)5/h12,15-17,25H,6-11,13-14H2,1-5H3,(H2,21,22,23). The fourth-order valence-electron chi connectivity index (χ4n) is 3.20. The van der Waals surface area contributed by atoms with E-state index in [1.54, 1.807) is 0 Å². The zero-order valence-electron chi connectivity index (χ0n) is 17.2. The molecule has 0 saturated carbocycles. The molecule has 0 bridgehead atoms. The Morgan fingerprint density at radius 2 is 1.96 bits per heavy atom. The van der Waals surface area contributed by atoms with Crippen molar-refractivity contribution < 1.29 is 9.63 Å². The molecule has 0 spiro atoms. The van der Waals surface area contributed by atoms with Gasteiger partial charge in [0.2, 0.25) is 0 Å². The van der Waals surface area contributed by atoms with Gasteiger partial charge in [-0.3, -0.25) is 0 Å². The van der Waals surface area contributed by atoms with E-state index in [1.807, 2.05) is 6.07 Å². The molecule has 0 amide bonds. The van der Waals surface area contributed by atoms with Gasteiger partial charge in [0.15, 0.2) is 11.7 Å². The van der Waals surface area contributed by atoms with E-state index in [9.17, 15) is 5.11 Å². The summed E-state index contributed by atoms with van der Waals surface area (Å²) in [5, 5.41) is 20.1. The number of aromatic nitrogens is 1. The molecule has 150 valence electrons. The molecule has 1 atom stereocenters. The molecule has 1 heterocycles. The molecule has 0 aliphatic heterocycles. The van der Waals surface area contributed by atoms with Gasteiger partial charge in [0.1, 0.15) is 6.54 Å². The summed E-state index contributed by atoms with van der Waals surface area (Å²) >= 11 is 0. The van der Waals surface area contributed by atoms with Gasteiger partial charge in [0.05, 0.1) is 5.69 Å². The van der Waals surface area contributed by atoms with Crippen molar-refractivity contribution in [3.05, 3.63) is 17.5 Å². The second-order valence-electron chi connectivity index (χ2n) is 7.32.